The predicted molar refractivity (Wildman–Crippen MR) is 68.5 cm³/mol. The molecule has 0 spiro atoms. The van der Waals surface area contributed by atoms with Gasteiger partial charge in [-0.25, -0.2) is 4.39 Å². The van der Waals surface area contributed by atoms with Crippen LogP contribution in [0.1, 0.15) is 23.1 Å². The molecular weight excluding hydrogens is 229 g/mol. The highest BCUT2D eigenvalue weighted by Gasteiger charge is 2.19. The molecule has 1 heterocycles. The van der Waals surface area contributed by atoms with E-state index in [9.17, 15) is 9.50 Å². The van der Waals surface area contributed by atoms with Crippen molar-refractivity contribution in [2.45, 2.75) is 12.0 Å². The summed E-state index contributed by atoms with van der Waals surface area (Å²) in [6.07, 6.45) is 4.19. The van der Waals surface area contributed by atoms with E-state index in [-0.39, 0.29) is 11.7 Å². The van der Waals surface area contributed by atoms with E-state index < -0.39 is 6.10 Å². The third kappa shape index (κ3) is 2.63. The molecule has 2 rings (SSSR count). The van der Waals surface area contributed by atoms with Gasteiger partial charge in [0.1, 0.15) is 5.82 Å². The summed E-state index contributed by atoms with van der Waals surface area (Å²) in [4.78, 5) is 3.98. The second-order valence-electron chi connectivity index (χ2n) is 4.04. The third-order valence-electron chi connectivity index (χ3n) is 2.87. The zero-order chi connectivity index (χ0) is 13.0. The van der Waals surface area contributed by atoms with Crippen LogP contribution in [0, 0.1) is 5.82 Å². The van der Waals surface area contributed by atoms with Crippen molar-refractivity contribution in [1.82, 2.24) is 4.98 Å². The molecule has 0 radical (unpaired) electrons. The molecule has 1 aromatic heterocycles. The van der Waals surface area contributed by atoms with Crippen LogP contribution in [0.4, 0.5) is 4.39 Å². The Morgan fingerprint density at radius 2 is 1.89 bits per heavy atom. The van der Waals surface area contributed by atoms with Crippen LogP contribution in [-0.4, -0.2) is 10.1 Å². The van der Waals surface area contributed by atoms with Gasteiger partial charge in [0.15, 0.2) is 0 Å². The number of rotatable bonds is 4. The Kier molecular flexibility index (Phi) is 3.85. The van der Waals surface area contributed by atoms with E-state index in [1.54, 1.807) is 42.7 Å². The first-order valence-corrected chi connectivity index (χ1v) is 5.68. The molecule has 0 bridgehead atoms. The summed E-state index contributed by atoms with van der Waals surface area (Å²) in [5, 5.41) is 10.3. The standard InChI is InChI=1S/C15H14FNO/c1-2-14(11-5-7-13(16)8-6-11)15(18)12-4-3-9-17-10-12/h2-10,14-15,18H,1H2. The maximum absolute atomic E-state index is 12.9. The first kappa shape index (κ1) is 12.5. The van der Waals surface area contributed by atoms with Gasteiger partial charge in [0.25, 0.3) is 0 Å². The molecule has 0 aliphatic heterocycles. The van der Waals surface area contributed by atoms with Crippen molar-refractivity contribution < 1.29 is 9.50 Å². The molecule has 0 aliphatic carbocycles. The van der Waals surface area contributed by atoms with Crippen molar-refractivity contribution >= 4 is 0 Å². The van der Waals surface area contributed by atoms with Crippen molar-refractivity contribution in [2.24, 2.45) is 0 Å². The van der Waals surface area contributed by atoms with Crippen LogP contribution >= 0.6 is 0 Å². The fraction of sp³-hybridized carbons (Fsp3) is 0.133. The average Bonchev–Trinajstić information content (AvgIpc) is 2.42. The van der Waals surface area contributed by atoms with Crippen LogP contribution in [0.3, 0.4) is 0 Å². The minimum atomic E-state index is -0.735. The number of pyridine rings is 1. The largest absolute Gasteiger partial charge is 0.387 e. The predicted octanol–water partition coefficient (Wildman–Crippen LogP) is 3.22. The average molecular weight is 243 g/mol. The fourth-order valence-electron chi connectivity index (χ4n) is 1.89. The smallest absolute Gasteiger partial charge is 0.123 e. The van der Waals surface area contributed by atoms with Crippen LogP contribution < -0.4 is 0 Å². The summed E-state index contributed by atoms with van der Waals surface area (Å²) in [6, 6.07) is 9.63. The highest BCUT2D eigenvalue weighted by molar-refractivity contribution is 5.29. The molecule has 0 amide bonds. The fourth-order valence-corrected chi connectivity index (χ4v) is 1.89. The van der Waals surface area contributed by atoms with E-state index in [1.807, 2.05) is 0 Å². The Labute approximate surface area is 105 Å². The van der Waals surface area contributed by atoms with Crippen molar-refractivity contribution in [3.05, 3.63) is 78.4 Å². The lowest BCUT2D eigenvalue weighted by molar-refractivity contribution is 0.161. The van der Waals surface area contributed by atoms with Gasteiger partial charge in [-0.1, -0.05) is 24.3 Å². The van der Waals surface area contributed by atoms with Gasteiger partial charge in [-0.15, -0.1) is 6.58 Å². The summed E-state index contributed by atoms with van der Waals surface area (Å²) >= 11 is 0. The lowest BCUT2D eigenvalue weighted by Gasteiger charge is -2.20. The van der Waals surface area contributed by atoms with E-state index in [0.717, 1.165) is 5.56 Å². The molecule has 2 unspecified atom stereocenters. The highest BCUT2D eigenvalue weighted by atomic mass is 19.1. The lowest BCUT2D eigenvalue weighted by Crippen LogP contribution is -2.09. The number of hydrogen-bond acceptors (Lipinski definition) is 2. The number of aliphatic hydroxyl groups is 1. The Morgan fingerprint density at radius 3 is 2.44 bits per heavy atom. The minimum absolute atomic E-state index is 0.283. The van der Waals surface area contributed by atoms with Gasteiger partial charge < -0.3 is 5.11 Å². The molecule has 0 aliphatic rings. The summed E-state index contributed by atoms with van der Waals surface area (Å²) < 4.78 is 12.9. The minimum Gasteiger partial charge on any atom is -0.387 e. The van der Waals surface area contributed by atoms with Crippen LogP contribution in [0.25, 0.3) is 0 Å². The summed E-state index contributed by atoms with van der Waals surface area (Å²) in [6.45, 7) is 3.73. The second-order valence-corrected chi connectivity index (χ2v) is 4.04. The summed E-state index contributed by atoms with van der Waals surface area (Å²) in [5.41, 5.74) is 1.54. The van der Waals surface area contributed by atoms with Crippen LogP contribution in [0.2, 0.25) is 0 Å². The zero-order valence-electron chi connectivity index (χ0n) is 9.83. The Balaban J connectivity index is 2.29. The van der Waals surface area contributed by atoms with E-state index in [1.165, 1.54) is 12.1 Å². The van der Waals surface area contributed by atoms with Crippen LogP contribution in [0.15, 0.2) is 61.4 Å². The van der Waals surface area contributed by atoms with Gasteiger partial charge in [-0.05, 0) is 29.3 Å². The molecule has 92 valence electrons. The topological polar surface area (TPSA) is 33.1 Å². The van der Waals surface area contributed by atoms with Gasteiger partial charge >= 0.3 is 0 Å². The van der Waals surface area contributed by atoms with Gasteiger partial charge in [0, 0.05) is 18.3 Å². The van der Waals surface area contributed by atoms with Crippen molar-refractivity contribution in [1.29, 1.82) is 0 Å². The number of aliphatic hydroxyl groups excluding tert-OH is 1. The van der Waals surface area contributed by atoms with Gasteiger partial charge in [-0.3, -0.25) is 4.98 Å². The first-order valence-electron chi connectivity index (χ1n) is 5.68. The molecule has 3 heteroatoms. The molecule has 0 saturated carbocycles. The molecular formula is C15H14FNO. The van der Waals surface area contributed by atoms with Crippen molar-refractivity contribution in [2.75, 3.05) is 0 Å². The number of hydrogen-bond donors (Lipinski definition) is 1. The van der Waals surface area contributed by atoms with Crippen LogP contribution in [0.5, 0.6) is 0 Å². The normalized spacial score (nSPS) is 13.9. The zero-order valence-corrected chi connectivity index (χ0v) is 9.83. The molecule has 2 nitrogen and oxygen atoms in total. The van der Waals surface area contributed by atoms with E-state index in [4.69, 9.17) is 0 Å². The first-order chi connectivity index (χ1) is 8.72. The van der Waals surface area contributed by atoms with E-state index in [2.05, 4.69) is 11.6 Å². The Hall–Kier alpha value is -2.00. The van der Waals surface area contributed by atoms with Crippen molar-refractivity contribution in [3.8, 4) is 0 Å². The summed E-state index contributed by atoms with van der Waals surface area (Å²) in [7, 11) is 0. The Bertz CT molecular complexity index is 510. The highest BCUT2D eigenvalue weighted by Crippen LogP contribution is 2.31. The maximum Gasteiger partial charge on any atom is 0.123 e. The Morgan fingerprint density at radius 1 is 1.17 bits per heavy atom. The van der Waals surface area contributed by atoms with Gasteiger partial charge in [-0.2, -0.15) is 0 Å². The quantitative estimate of drug-likeness (QED) is 0.836. The molecule has 1 aromatic carbocycles. The van der Waals surface area contributed by atoms with Gasteiger partial charge in [0.2, 0.25) is 0 Å². The molecule has 2 aromatic rings. The maximum atomic E-state index is 12.9. The molecule has 2 atom stereocenters. The lowest BCUT2D eigenvalue weighted by atomic mass is 9.90. The van der Waals surface area contributed by atoms with E-state index in [0.29, 0.717) is 5.56 Å². The molecule has 0 saturated heterocycles. The summed E-state index contributed by atoms with van der Waals surface area (Å²) in [5.74, 6) is -0.577. The molecule has 0 fully saturated rings. The molecule has 18 heavy (non-hydrogen) atoms. The monoisotopic (exact) mass is 243 g/mol. The van der Waals surface area contributed by atoms with Crippen LogP contribution in [-0.2, 0) is 0 Å². The van der Waals surface area contributed by atoms with E-state index >= 15 is 0 Å². The number of benzene rings is 1. The third-order valence-corrected chi connectivity index (χ3v) is 2.87. The number of aromatic nitrogens is 1. The SMILES string of the molecule is C=CC(c1ccc(F)cc1)C(O)c1cccnc1. The number of halogens is 1. The number of nitrogens with zero attached hydrogens (tertiary/aromatic N) is 1. The van der Waals surface area contributed by atoms with Crippen molar-refractivity contribution in [3.63, 3.8) is 0 Å². The second kappa shape index (κ2) is 5.56. The molecule has 1 N–H and O–H groups in total. The van der Waals surface area contributed by atoms with Gasteiger partial charge in [0.05, 0.1) is 6.10 Å².